The largest absolute Gasteiger partial charge is 0.298 e. The van der Waals surface area contributed by atoms with Crippen molar-refractivity contribution in [3.63, 3.8) is 0 Å². The fourth-order valence-electron chi connectivity index (χ4n) is 4.35. The molecule has 0 saturated heterocycles. The van der Waals surface area contributed by atoms with Crippen LogP contribution in [0.4, 0.5) is 0 Å². The van der Waals surface area contributed by atoms with Gasteiger partial charge in [-0.25, -0.2) is 0 Å². The van der Waals surface area contributed by atoms with Gasteiger partial charge in [0.15, 0.2) is 12.6 Å². The quantitative estimate of drug-likeness (QED) is 0.217. The van der Waals surface area contributed by atoms with Crippen molar-refractivity contribution in [2.24, 2.45) is 0 Å². The average molecular weight is 412 g/mol. The van der Waals surface area contributed by atoms with E-state index in [1.165, 1.54) is 0 Å². The predicted molar refractivity (Wildman–Crippen MR) is 134 cm³/mol. The van der Waals surface area contributed by atoms with Crippen molar-refractivity contribution in [1.29, 1.82) is 0 Å². The molecule has 32 heavy (non-hydrogen) atoms. The SMILES string of the molecule is O=Cc1c2ccccc2cc2ccccc12.O=Cc1c2ccccc2cc2ccccc12. The van der Waals surface area contributed by atoms with Crippen LogP contribution in [0.15, 0.2) is 109 Å². The van der Waals surface area contributed by atoms with Crippen LogP contribution < -0.4 is 0 Å². The van der Waals surface area contributed by atoms with E-state index in [0.29, 0.717) is 0 Å². The van der Waals surface area contributed by atoms with Crippen molar-refractivity contribution >= 4 is 55.7 Å². The molecule has 0 spiro atoms. The molecule has 2 heteroatoms. The van der Waals surface area contributed by atoms with Crippen LogP contribution >= 0.6 is 0 Å². The second kappa shape index (κ2) is 8.44. The number of fused-ring (bicyclic) bond motifs is 4. The van der Waals surface area contributed by atoms with Crippen LogP contribution in [0.5, 0.6) is 0 Å². The molecular formula is C30H20O2. The molecular weight excluding hydrogens is 392 g/mol. The van der Waals surface area contributed by atoms with E-state index in [4.69, 9.17) is 0 Å². The van der Waals surface area contributed by atoms with Gasteiger partial charge in [-0.2, -0.15) is 0 Å². The van der Waals surface area contributed by atoms with Crippen molar-refractivity contribution in [2.75, 3.05) is 0 Å². The van der Waals surface area contributed by atoms with Crippen molar-refractivity contribution in [1.82, 2.24) is 0 Å². The first-order valence-electron chi connectivity index (χ1n) is 10.5. The molecule has 0 N–H and O–H groups in total. The van der Waals surface area contributed by atoms with Gasteiger partial charge in [0, 0.05) is 11.1 Å². The first-order chi connectivity index (χ1) is 15.8. The van der Waals surface area contributed by atoms with Gasteiger partial charge >= 0.3 is 0 Å². The minimum atomic E-state index is 0.786. The molecule has 6 aromatic rings. The van der Waals surface area contributed by atoms with Crippen LogP contribution in [0.1, 0.15) is 20.7 Å². The molecule has 6 aromatic carbocycles. The van der Waals surface area contributed by atoms with E-state index in [9.17, 15) is 9.59 Å². The monoisotopic (exact) mass is 412 g/mol. The summed E-state index contributed by atoms with van der Waals surface area (Å²) >= 11 is 0. The van der Waals surface area contributed by atoms with E-state index in [1.807, 2.05) is 97.1 Å². The standard InChI is InChI=1S/2C15H10O/c2*16-10-15-13-7-3-1-5-11(13)9-12-6-2-4-8-14(12)15/h2*1-10H. The van der Waals surface area contributed by atoms with E-state index in [1.54, 1.807) is 0 Å². The first kappa shape index (κ1) is 19.7. The lowest BCUT2D eigenvalue weighted by Gasteiger charge is -2.05. The Morgan fingerprint density at radius 2 is 0.625 bits per heavy atom. The van der Waals surface area contributed by atoms with E-state index in [2.05, 4.69) is 12.1 Å². The van der Waals surface area contributed by atoms with Crippen molar-refractivity contribution in [3.05, 3.63) is 120 Å². The highest BCUT2D eigenvalue weighted by Gasteiger charge is 2.06. The van der Waals surface area contributed by atoms with Crippen molar-refractivity contribution in [2.45, 2.75) is 0 Å². The predicted octanol–water partition coefficient (Wildman–Crippen LogP) is 7.61. The van der Waals surface area contributed by atoms with Crippen LogP contribution in [0, 0.1) is 0 Å². The molecule has 0 atom stereocenters. The zero-order valence-electron chi connectivity index (χ0n) is 17.4. The zero-order valence-corrected chi connectivity index (χ0v) is 17.4. The van der Waals surface area contributed by atoms with Crippen molar-refractivity contribution < 1.29 is 9.59 Å². The van der Waals surface area contributed by atoms with Gasteiger partial charge in [0.1, 0.15) is 0 Å². The fourth-order valence-corrected chi connectivity index (χ4v) is 4.35. The highest BCUT2D eigenvalue weighted by Crippen LogP contribution is 2.28. The fraction of sp³-hybridized carbons (Fsp3) is 0. The number of carbonyl (C=O) groups is 2. The van der Waals surface area contributed by atoms with Crippen LogP contribution in [0.3, 0.4) is 0 Å². The van der Waals surface area contributed by atoms with E-state index >= 15 is 0 Å². The molecule has 0 amide bonds. The number of hydrogen-bond donors (Lipinski definition) is 0. The van der Waals surface area contributed by atoms with Gasteiger partial charge in [-0.3, -0.25) is 9.59 Å². The summed E-state index contributed by atoms with van der Waals surface area (Å²) in [6.07, 6.45) is 1.90. The number of hydrogen-bond acceptors (Lipinski definition) is 2. The average Bonchev–Trinajstić information content (AvgIpc) is 2.86. The van der Waals surface area contributed by atoms with Crippen LogP contribution in [0.25, 0.3) is 43.1 Å². The maximum absolute atomic E-state index is 11.2. The minimum absolute atomic E-state index is 0.786. The third kappa shape index (κ3) is 3.42. The number of benzene rings is 6. The Labute approximate surface area is 185 Å². The molecule has 0 aliphatic rings. The minimum Gasteiger partial charge on any atom is -0.298 e. The van der Waals surface area contributed by atoms with Gasteiger partial charge in [-0.15, -0.1) is 0 Å². The van der Waals surface area contributed by atoms with Crippen molar-refractivity contribution in [3.8, 4) is 0 Å². The molecule has 0 aliphatic carbocycles. The van der Waals surface area contributed by atoms with E-state index < -0.39 is 0 Å². The van der Waals surface area contributed by atoms with Gasteiger partial charge < -0.3 is 0 Å². The van der Waals surface area contributed by atoms with E-state index in [0.717, 1.165) is 66.8 Å². The third-order valence-electron chi connectivity index (χ3n) is 5.86. The van der Waals surface area contributed by atoms with E-state index in [-0.39, 0.29) is 0 Å². The highest BCUT2D eigenvalue weighted by atomic mass is 16.1. The summed E-state index contributed by atoms with van der Waals surface area (Å²) < 4.78 is 0. The summed E-state index contributed by atoms with van der Waals surface area (Å²) in [7, 11) is 0. The number of rotatable bonds is 2. The number of carbonyl (C=O) groups excluding carboxylic acids is 2. The van der Waals surface area contributed by atoms with Gasteiger partial charge in [-0.1, -0.05) is 97.1 Å². The second-order valence-corrected chi connectivity index (χ2v) is 7.70. The second-order valence-electron chi connectivity index (χ2n) is 7.70. The van der Waals surface area contributed by atoms with Crippen LogP contribution in [-0.4, -0.2) is 12.6 Å². The van der Waals surface area contributed by atoms with Gasteiger partial charge in [0.05, 0.1) is 0 Å². The van der Waals surface area contributed by atoms with Gasteiger partial charge in [0.25, 0.3) is 0 Å². The Kier molecular flexibility index (Phi) is 5.19. The molecule has 0 aliphatic heterocycles. The Bertz CT molecular complexity index is 1380. The number of aldehydes is 2. The summed E-state index contributed by atoms with van der Waals surface area (Å²) in [5, 5.41) is 8.55. The Balaban J connectivity index is 0.000000135. The maximum Gasteiger partial charge on any atom is 0.151 e. The summed E-state index contributed by atoms with van der Waals surface area (Å²) in [5.41, 5.74) is 1.57. The normalized spacial score (nSPS) is 10.8. The molecule has 0 fully saturated rings. The molecule has 152 valence electrons. The Morgan fingerprint density at radius 3 is 0.875 bits per heavy atom. The first-order valence-corrected chi connectivity index (χ1v) is 10.5. The summed E-state index contributed by atoms with van der Waals surface area (Å²) in [6, 6.07) is 36.2. The Morgan fingerprint density at radius 1 is 0.375 bits per heavy atom. The maximum atomic E-state index is 11.2. The summed E-state index contributed by atoms with van der Waals surface area (Å²) in [6.45, 7) is 0. The lowest BCUT2D eigenvalue weighted by atomic mass is 9.98. The van der Waals surface area contributed by atoms with Crippen LogP contribution in [0.2, 0.25) is 0 Å². The Hall–Kier alpha value is -4.30. The lowest BCUT2D eigenvalue weighted by Crippen LogP contribution is -1.86. The van der Waals surface area contributed by atoms with Gasteiger partial charge in [-0.05, 0) is 55.2 Å². The zero-order chi connectivity index (χ0) is 21.9. The molecule has 0 unspecified atom stereocenters. The molecule has 0 radical (unpaired) electrons. The smallest absolute Gasteiger partial charge is 0.151 e. The molecule has 0 bridgehead atoms. The summed E-state index contributed by atoms with van der Waals surface area (Å²) in [4.78, 5) is 22.5. The lowest BCUT2D eigenvalue weighted by molar-refractivity contribution is 0.111. The highest BCUT2D eigenvalue weighted by molar-refractivity contribution is 6.13. The third-order valence-corrected chi connectivity index (χ3v) is 5.86. The van der Waals surface area contributed by atoms with Gasteiger partial charge in [0.2, 0.25) is 0 Å². The molecule has 6 rings (SSSR count). The molecule has 0 heterocycles. The molecule has 2 nitrogen and oxygen atoms in total. The van der Waals surface area contributed by atoms with Crippen LogP contribution in [-0.2, 0) is 0 Å². The summed E-state index contributed by atoms with van der Waals surface area (Å²) in [5.74, 6) is 0. The molecule has 0 aromatic heterocycles. The topological polar surface area (TPSA) is 34.1 Å². The molecule has 0 saturated carbocycles.